The van der Waals surface area contributed by atoms with Crippen LogP contribution in [0, 0.1) is 40.8 Å². The minimum Gasteiger partial charge on any atom is -0.389 e. The number of hydrogen-bond donors (Lipinski definition) is 2. The second-order valence-corrected chi connectivity index (χ2v) is 7.95. The summed E-state index contributed by atoms with van der Waals surface area (Å²) in [6.07, 6.45) is -1.49. The molecule has 4 rings (SSSR count). The van der Waals surface area contributed by atoms with Crippen molar-refractivity contribution in [3.8, 4) is 12.1 Å². The highest BCUT2D eigenvalue weighted by molar-refractivity contribution is 6.30. The van der Waals surface area contributed by atoms with E-state index in [2.05, 4.69) is 10.1 Å². The maximum absolute atomic E-state index is 14.9. The lowest BCUT2D eigenvalue weighted by Crippen LogP contribution is -2.52. The number of halogens is 4. The number of nitrogens with one attached hydrogen (secondary N) is 1. The molecule has 8 nitrogen and oxygen atoms in total. The van der Waals surface area contributed by atoms with Crippen LogP contribution in [0.2, 0.25) is 5.02 Å². The van der Waals surface area contributed by atoms with Crippen LogP contribution in [-0.2, 0) is 0 Å². The van der Waals surface area contributed by atoms with Crippen LogP contribution in [0.3, 0.4) is 0 Å². The first kappa shape index (κ1) is 23.2. The molecule has 1 fully saturated rings. The first-order valence-electron chi connectivity index (χ1n) is 9.86. The van der Waals surface area contributed by atoms with Gasteiger partial charge in [-0.25, -0.2) is 18.2 Å². The molecule has 1 aliphatic rings. The lowest BCUT2D eigenvalue weighted by Gasteiger charge is -2.38. The highest BCUT2D eigenvalue weighted by Crippen LogP contribution is 2.32. The van der Waals surface area contributed by atoms with Crippen LogP contribution in [-0.4, -0.2) is 45.1 Å². The Morgan fingerprint density at radius 2 is 2.06 bits per heavy atom. The average Bonchev–Trinajstić information content (AvgIpc) is 3.15. The Hall–Kier alpha value is -3.93. The molecule has 0 saturated carbocycles. The Bertz CT molecular complexity index is 1550. The summed E-state index contributed by atoms with van der Waals surface area (Å²) in [5, 5.41) is 39.8. The largest absolute Gasteiger partial charge is 0.389 e. The van der Waals surface area contributed by atoms with Crippen molar-refractivity contribution in [1.29, 1.82) is 15.9 Å². The first-order valence-corrected chi connectivity index (χ1v) is 10.2. The summed E-state index contributed by atoms with van der Waals surface area (Å²) >= 11 is 5.90. The molecule has 0 amide bonds. The third-order valence-corrected chi connectivity index (χ3v) is 5.73. The highest BCUT2D eigenvalue weighted by Gasteiger charge is 2.32. The normalized spacial score (nSPS) is 15.3. The van der Waals surface area contributed by atoms with E-state index in [4.69, 9.17) is 17.0 Å². The average molecular weight is 486 g/mol. The van der Waals surface area contributed by atoms with E-state index in [0.29, 0.717) is 17.5 Å². The molecule has 34 heavy (non-hydrogen) atoms. The molecule has 0 bridgehead atoms. The smallest absolute Gasteiger partial charge is 0.283 e. The molecule has 0 aliphatic carbocycles. The number of benzene rings is 1. The van der Waals surface area contributed by atoms with Gasteiger partial charge in [0, 0.05) is 30.1 Å². The molecule has 1 aliphatic heterocycles. The number of aromatic nitrogens is 3. The topological polar surface area (TPSA) is 125 Å². The van der Waals surface area contributed by atoms with Gasteiger partial charge in [-0.05, 0) is 24.3 Å². The summed E-state index contributed by atoms with van der Waals surface area (Å²) in [5.41, 5.74) is -0.779. The molecule has 172 valence electrons. The summed E-state index contributed by atoms with van der Waals surface area (Å²) in [4.78, 5) is 5.97. The van der Waals surface area contributed by atoms with Crippen molar-refractivity contribution in [3.05, 3.63) is 55.9 Å². The predicted octanol–water partition coefficient (Wildman–Crippen LogP) is 1.97. The monoisotopic (exact) mass is 485 g/mol. The molecule has 0 radical (unpaired) electrons. The van der Waals surface area contributed by atoms with E-state index in [-0.39, 0.29) is 51.2 Å². The SMILES string of the molecule is Cc1nc2c(C#N)c(C(F)F)nn2c(N2CC(O)C2)c1/C=c1\ccc(Cl)c(F)\c1=C(/C#N)C=N. The molecule has 12 heteroatoms. The van der Waals surface area contributed by atoms with Gasteiger partial charge in [-0.3, -0.25) is 0 Å². The number of nitriles is 2. The number of hydrogen-bond acceptors (Lipinski definition) is 7. The first-order chi connectivity index (χ1) is 16.2. The fourth-order valence-electron chi connectivity index (χ4n) is 3.81. The number of fused-ring (bicyclic) bond motifs is 1. The molecule has 2 aromatic heterocycles. The summed E-state index contributed by atoms with van der Waals surface area (Å²) in [5.74, 6) is -0.625. The predicted molar refractivity (Wildman–Crippen MR) is 118 cm³/mol. The molecule has 2 N–H and O–H groups in total. The van der Waals surface area contributed by atoms with E-state index in [1.165, 1.54) is 18.2 Å². The number of aryl methyl sites for hydroxylation is 1. The van der Waals surface area contributed by atoms with Crippen LogP contribution in [0.4, 0.5) is 19.0 Å². The van der Waals surface area contributed by atoms with E-state index in [1.807, 2.05) is 0 Å². The van der Waals surface area contributed by atoms with E-state index in [1.54, 1.807) is 24.0 Å². The molecule has 1 saturated heterocycles. The number of β-amino-alcohol motifs (C(OH)–C–C–N with tert-alkyl or cyclic N) is 1. The minimum atomic E-state index is -3.02. The fraction of sp³-hybridized carbons (Fsp3) is 0.227. The van der Waals surface area contributed by atoms with Crippen molar-refractivity contribution in [1.82, 2.24) is 14.6 Å². The van der Waals surface area contributed by atoms with E-state index >= 15 is 0 Å². The van der Waals surface area contributed by atoms with Gasteiger partial charge in [0.05, 0.1) is 22.4 Å². The van der Waals surface area contributed by atoms with Gasteiger partial charge in [-0.1, -0.05) is 17.7 Å². The third-order valence-electron chi connectivity index (χ3n) is 5.43. The summed E-state index contributed by atoms with van der Waals surface area (Å²) in [6.45, 7) is 1.92. The number of aliphatic hydroxyl groups is 1. The molecule has 0 spiro atoms. The summed E-state index contributed by atoms with van der Waals surface area (Å²) in [6, 6.07) is 6.23. The van der Waals surface area contributed by atoms with Gasteiger partial charge in [-0.2, -0.15) is 20.1 Å². The van der Waals surface area contributed by atoms with E-state index in [0.717, 1.165) is 4.52 Å². The maximum Gasteiger partial charge on any atom is 0.283 e. The minimum absolute atomic E-state index is 0.0740. The number of alkyl halides is 2. The Kier molecular flexibility index (Phi) is 6.00. The zero-order chi connectivity index (χ0) is 24.7. The fourth-order valence-corrected chi connectivity index (χ4v) is 3.97. The molecular formula is C22H15ClF3N7O. The Balaban J connectivity index is 2.16. The Morgan fingerprint density at radius 1 is 1.35 bits per heavy atom. The van der Waals surface area contributed by atoms with Crippen LogP contribution < -0.4 is 15.3 Å². The molecule has 0 atom stereocenters. The lowest BCUT2D eigenvalue weighted by atomic mass is 10.1. The third kappa shape index (κ3) is 3.65. The zero-order valence-electron chi connectivity index (χ0n) is 17.5. The van der Waals surface area contributed by atoms with Crippen LogP contribution in [0.15, 0.2) is 12.1 Å². The summed E-state index contributed by atoms with van der Waals surface area (Å²) < 4.78 is 43.1. The molecular weight excluding hydrogens is 471 g/mol. The number of aliphatic hydroxyl groups excluding tert-OH is 1. The summed E-state index contributed by atoms with van der Waals surface area (Å²) in [7, 11) is 0. The second-order valence-electron chi connectivity index (χ2n) is 7.54. The van der Waals surface area contributed by atoms with Gasteiger partial charge >= 0.3 is 0 Å². The van der Waals surface area contributed by atoms with Crippen molar-refractivity contribution in [3.63, 3.8) is 0 Å². The second kappa shape index (κ2) is 8.78. The van der Waals surface area contributed by atoms with Crippen LogP contribution in [0.5, 0.6) is 0 Å². The Labute approximate surface area is 195 Å². The molecule has 0 unspecified atom stereocenters. The van der Waals surface area contributed by atoms with Gasteiger partial charge in [-0.15, -0.1) is 0 Å². The maximum atomic E-state index is 14.9. The van der Waals surface area contributed by atoms with Gasteiger partial charge in [0.2, 0.25) is 0 Å². The van der Waals surface area contributed by atoms with Crippen LogP contribution in [0.1, 0.15) is 28.9 Å². The quantitative estimate of drug-likeness (QED) is 0.544. The number of anilines is 1. The van der Waals surface area contributed by atoms with E-state index in [9.17, 15) is 28.8 Å². The van der Waals surface area contributed by atoms with Crippen LogP contribution >= 0.6 is 11.6 Å². The molecule has 3 aromatic rings. The van der Waals surface area contributed by atoms with Gasteiger partial charge < -0.3 is 15.4 Å². The van der Waals surface area contributed by atoms with Crippen molar-refractivity contribution >= 4 is 40.9 Å². The number of nitrogens with zero attached hydrogens (tertiary/aromatic N) is 6. The highest BCUT2D eigenvalue weighted by atomic mass is 35.5. The molecule has 3 heterocycles. The van der Waals surface area contributed by atoms with Gasteiger partial charge in [0.25, 0.3) is 6.43 Å². The van der Waals surface area contributed by atoms with Crippen molar-refractivity contribution < 1.29 is 18.3 Å². The van der Waals surface area contributed by atoms with Crippen molar-refractivity contribution in [2.24, 2.45) is 0 Å². The van der Waals surface area contributed by atoms with Crippen molar-refractivity contribution in [2.75, 3.05) is 18.0 Å². The Morgan fingerprint density at radius 3 is 2.62 bits per heavy atom. The van der Waals surface area contributed by atoms with Gasteiger partial charge in [0.15, 0.2) is 11.5 Å². The number of rotatable bonds is 4. The van der Waals surface area contributed by atoms with Gasteiger partial charge in [0.1, 0.15) is 29.2 Å². The zero-order valence-corrected chi connectivity index (χ0v) is 18.3. The van der Waals surface area contributed by atoms with Crippen LogP contribution in [0.25, 0.3) is 17.3 Å². The molecule has 1 aromatic carbocycles. The standard InChI is InChI=1S/C22H15ClF3N7O/c1-10-14(4-11-2-3-16(23)18(24)17(11)12(5-27)6-28)22(32-8-13(34)9-32)33-21(30-10)15(7-29)19(31-33)20(25)26/h2-5,13,20,27,34H,8-9H2,1H3/b11-4+,17-12-,27-5?. The lowest BCUT2D eigenvalue weighted by molar-refractivity contribution is 0.139. The van der Waals surface area contributed by atoms with E-state index < -0.39 is 24.0 Å². The van der Waals surface area contributed by atoms with Crippen molar-refractivity contribution in [2.45, 2.75) is 19.5 Å².